The fourth-order valence-electron chi connectivity index (χ4n) is 2.80. The molecule has 3 rings (SSSR count). The third kappa shape index (κ3) is 4.93. The molecule has 0 atom stereocenters. The van der Waals surface area contributed by atoms with E-state index in [1.807, 2.05) is 48.7 Å². The molecule has 0 aliphatic carbocycles. The van der Waals surface area contributed by atoms with Gasteiger partial charge in [0.15, 0.2) is 0 Å². The number of thioether (sulfide) groups is 1. The van der Waals surface area contributed by atoms with E-state index in [2.05, 4.69) is 9.97 Å². The minimum atomic E-state index is -1.17. The molecular weight excluding hydrogens is 424 g/mol. The Morgan fingerprint density at radius 3 is 2.50 bits per heavy atom. The van der Waals surface area contributed by atoms with Crippen LogP contribution in [0.25, 0.3) is 16.7 Å². The van der Waals surface area contributed by atoms with Gasteiger partial charge in [-0.3, -0.25) is 0 Å². The Morgan fingerprint density at radius 2 is 1.87 bits per heavy atom. The number of aliphatic carboxylic acids is 1. The first kappa shape index (κ1) is 21.7. The number of halogens is 1. The van der Waals surface area contributed by atoms with Crippen LogP contribution in [0.3, 0.4) is 0 Å². The van der Waals surface area contributed by atoms with Gasteiger partial charge < -0.3 is 14.6 Å². The number of carboxylic acids is 1. The van der Waals surface area contributed by atoms with Crippen LogP contribution in [0.15, 0.2) is 59.8 Å². The molecule has 6 nitrogen and oxygen atoms in total. The number of carbonyl (C=O) groups is 1. The molecule has 0 fully saturated rings. The molecule has 0 aliphatic heterocycles. The van der Waals surface area contributed by atoms with Crippen molar-refractivity contribution in [2.75, 3.05) is 13.4 Å². The van der Waals surface area contributed by atoms with Crippen LogP contribution in [0.2, 0.25) is 5.02 Å². The average molecular weight is 443 g/mol. The fourth-order valence-corrected chi connectivity index (χ4v) is 3.55. The van der Waals surface area contributed by atoms with E-state index in [9.17, 15) is 9.90 Å². The van der Waals surface area contributed by atoms with Gasteiger partial charge in [-0.2, -0.15) is 4.98 Å². The van der Waals surface area contributed by atoms with Crippen molar-refractivity contribution >= 4 is 34.9 Å². The second-order valence-electron chi connectivity index (χ2n) is 6.17. The van der Waals surface area contributed by atoms with Crippen molar-refractivity contribution < 1.29 is 19.4 Å². The summed E-state index contributed by atoms with van der Waals surface area (Å²) >= 11 is 7.28. The minimum Gasteiger partial charge on any atom is -0.503 e. The molecule has 8 heteroatoms. The van der Waals surface area contributed by atoms with Crippen LogP contribution in [0.4, 0.5) is 0 Å². The lowest BCUT2D eigenvalue weighted by atomic mass is 10.1. The number of rotatable bonds is 7. The summed E-state index contributed by atoms with van der Waals surface area (Å²) in [4.78, 5) is 20.5. The van der Waals surface area contributed by atoms with Gasteiger partial charge in [0.2, 0.25) is 5.88 Å². The lowest BCUT2D eigenvalue weighted by molar-refractivity contribution is -0.130. The lowest BCUT2D eigenvalue weighted by Crippen LogP contribution is -2.08. The van der Waals surface area contributed by atoms with Crippen molar-refractivity contribution in [2.45, 2.75) is 11.9 Å². The number of benzene rings is 2. The predicted molar refractivity (Wildman–Crippen MR) is 118 cm³/mol. The highest BCUT2D eigenvalue weighted by atomic mass is 35.5. The van der Waals surface area contributed by atoms with E-state index in [-0.39, 0.29) is 17.0 Å². The Labute approximate surface area is 183 Å². The predicted octanol–water partition coefficient (Wildman–Crippen LogP) is 5.69. The maximum Gasteiger partial charge on any atom is 0.339 e. The van der Waals surface area contributed by atoms with Crippen LogP contribution in [0, 0.1) is 6.92 Å². The molecule has 0 unspecified atom stereocenters. The van der Waals surface area contributed by atoms with E-state index in [1.165, 1.54) is 18.9 Å². The summed E-state index contributed by atoms with van der Waals surface area (Å²) in [7, 11) is 1.38. The van der Waals surface area contributed by atoms with Crippen molar-refractivity contribution in [3.05, 3.63) is 71.2 Å². The van der Waals surface area contributed by atoms with Gasteiger partial charge in [0.1, 0.15) is 22.2 Å². The van der Waals surface area contributed by atoms with Gasteiger partial charge in [0.05, 0.1) is 18.9 Å². The second kappa shape index (κ2) is 9.65. The summed E-state index contributed by atoms with van der Waals surface area (Å²) < 4.78 is 11.0. The largest absolute Gasteiger partial charge is 0.503 e. The fraction of sp³-hybridized carbons (Fsp3) is 0.136. The van der Waals surface area contributed by atoms with Gasteiger partial charge in [0, 0.05) is 5.02 Å². The van der Waals surface area contributed by atoms with Crippen molar-refractivity contribution in [3.8, 4) is 22.8 Å². The van der Waals surface area contributed by atoms with Crippen LogP contribution in [0.1, 0.15) is 11.4 Å². The molecule has 0 spiro atoms. The summed E-state index contributed by atoms with van der Waals surface area (Å²) in [5.41, 5.74) is 2.07. The molecule has 30 heavy (non-hydrogen) atoms. The third-order valence-corrected chi connectivity index (χ3v) is 5.04. The lowest BCUT2D eigenvalue weighted by Gasteiger charge is -2.15. The maximum absolute atomic E-state index is 11.8. The van der Waals surface area contributed by atoms with Crippen LogP contribution < -0.4 is 4.74 Å². The molecule has 2 aromatic carbocycles. The van der Waals surface area contributed by atoms with Gasteiger partial charge in [-0.05, 0) is 48.6 Å². The van der Waals surface area contributed by atoms with Crippen molar-refractivity contribution in [3.63, 3.8) is 0 Å². The first-order valence-corrected chi connectivity index (χ1v) is 10.5. The number of nitrogens with zero attached hydrogens (tertiary/aromatic N) is 2. The topological polar surface area (TPSA) is 81.5 Å². The second-order valence-corrected chi connectivity index (χ2v) is 7.40. The molecule has 0 saturated heterocycles. The van der Waals surface area contributed by atoms with E-state index in [1.54, 1.807) is 13.0 Å². The summed E-state index contributed by atoms with van der Waals surface area (Å²) in [5.74, 6) is -0.0460. The highest BCUT2D eigenvalue weighted by molar-refractivity contribution is 7.98. The Hall–Kier alpha value is -3.03. The van der Waals surface area contributed by atoms with Crippen molar-refractivity contribution in [1.29, 1.82) is 0 Å². The normalized spacial score (nSPS) is 11.3. The zero-order valence-electron chi connectivity index (χ0n) is 16.5. The van der Waals surface area contributed by atoms with Crippen LogP contribution in [0.5, 0.6) is 11.6 Å². The first-order chi connectivity index (χ1) is 14.4. The van der Waals surface area contributed by atoms with E-state index >= 15 is 0 Å². The van der Waals surface area contributed by atoms with Gasteiger partial charge >= 0.3 is 5.97 Å². The first-order valence-electron chi connectivity index (χ1n) is 8.86. The van der Waals surface area contributed by atoms with Crippen LogP contribution >= 0.6 is 23.4 Å². The summed E-state index contributed by atoms with van der Waals surface area (Å²) in [5, 5.41) is 10.8. The smallest absolute Gasteiger partial charge is 0.339 e. The Bertz CT molecular complexity index is 1100. The number of methoxy groups -OCH3 is 1. The molecule has 1 heterocycles. The van der Waals surface area contributed by atoms with Gasteiger partial charge in [0.25, 0.3) is 0 Å². The number of carboxylic acid groups (broad SMARTS) is 1. The highest BCUT2D eigenvalue weighted by Gasteiger charge is 2.24. The average Bonchev–Trinajstić information content (AvgIpc) is 2.72. The quantitative estimate of drug-likeness (QED) is 0.218. The number of aryl methyl sites for hydroxylation is 1. The van der Waals surface area contributed by atoms with Crippen LogP contribution in [-0.2, 0) is 9.53 Å². The molecule has 0 amide bonds. The Morgan fingerprint density at radius 1 is 1.13 bits per heavy atom. The molecular formula is C22H19ClN2O4S. The molecule has 1 N–H and O–H groups in total. The third-order valence-electron chi connectivity index (χ3n) is 4.11. The standard InChI is InChI=1S/C22H19ClN2O4S/c1-13-24-20(19(21(25-13)30-3)18(12-28-2)22(26)27)29-17-6-4-5-15(11-17)14-7-9-16(23)10-8-14/h4-12H,1-3H3,(H,26,27). The Kier molecular flexibility index (Phi) is 6.97. The number of hydrogen-bond donors (Lipinski definition) is 1. The van der Waals surface area contributed by atoms with Crippen molar-refractivity contribution in [1.82, 2.24) is 9.97 Å². The van der Waals surface area contributed by atoms with E-state index < -0.39 is 5.97 Å². The summed E-state index contributed by atoms with van der Waals surface area (Å²) in [6, 6.07) is 14.9. The minimum absolute atomic E-state index is 0.0919. The molecule has 0 aliphatic rings. The summed E-state index contributed by atoms with van der Waals surface area (Å²) in [6.45, 7) is 1.72. The zero-order chi connectivity index (χ0) is 21.7. The molecule has 0 saturated carbocycles. The molecule has 0 bridgehead atoms. The highest BCUT2D eigenvalue weighted by Crippen LogP contribution is 2.36. The molecule has 3 aromatic rings. The molecule has 154 valence electrons. The number of ether oxygens (including phenoxy) is 2. The van der Waals surface area contributed by atoms with Gasteiger partial charge in [-0.1, -0.05) is 35.9 Å². The van der Waals surface area contributed by atoms with Crippen LogP contribution in [-0.4, -0.2) is 34.4 Å². The number of aromatic nitrogens is 2. The Balaban J connectivity index is 2.07. The zero-order valence-corrected chi connectivity index (χ0v) is 18.1. The monoisotopic (exact) mass is 442 g/mol. The van der Waals surface area contributed by atoms with E-state index in [0.717, 1.165) is 17.4 Å². The van der Waals surface area contributed by atoms with Gasteiger partial charge in [-0.15, -0.1) is 11.8 Å². The van der Waals surface area contributed by atoms with Gasteiger partial charge in [-0.25, -0.2) is 9.78 Å². The van der Waals surface area contributed by atoms with E-state index in [0.29, 0.717) is 21.6 Å². The van der Waals surface area contributed by atoms with Crippen molar-refractivity contribution in [2.24, 2.45) is 0 Å². The molecule has 1 aromatic heterocycles. The summed E-state index contributed by atoms with van der Waals surface area (Å²) in [6.07, 6.45) is 2.95. The molecule has 0 radical (unpaired) electrons. The van der Waals surface area contributed by atoms with E-state index in [4.69, 9.17) is 21.1 Å². The SMILES string of the molecule is COC=C(C(=O)O)c1c(Oc2cccc(-c3ccc(Cl)cc3)c2)nc(C)nc1SC. The maximum atomic E-state index is 11.8. The number of hydrogen-bond acceptors (Lipinski definition) is 6.